The largest absolute Gasteiger partial charge is 0.480 e. The van der Waals surface area contributed by atoms with Gasteiger partial charge in [-0.05, 0) is 18.2 Å². The Bertz CT molecular complexity index is 1140. The second kappa shape index (κ2) is 6.87. The highest BCUT2D eigenvalue weighted by atomic mass is 16.5. The maximum Gasteiger partial charge on any atom is 0.268 e. The Balaban J connectivity index is 1.61. The normalized spacial score (nSPS) is 23.4. The first kappa shape index (κ1) is 18.7. The van der Waals surface area contributed by atoms with Crippen LogP contribution in [-0.4, -0.2) is 62.5 Å². The van der Waals surface area contributed by atoms with Crippen molar-refractivity contribution in [3.05, 3.63) is 47.7 Å². The van der Waals surface area contributed by atoms with Crippen LogP contribution in [0.25, 0.3) is 11.0 Å². The first-order valence-electron chi connectivity index (χ1n) is 9.38. The molecule has 0 spiro atoms. The molecule has 4 heterocycles. The Morgan fingerprint density at radius 2 is 1.87 bits per heavy atom. The average Bonchev–Trinajstić information content (AvgIpc) is 3.42. The van der Waals surface area contributed by atoms with E-state index in [0.29, 0.717) is 11.0 Å². The molecule has 0 unspecified atom stereocenters. The van der Waals surface area contributed by atoms with Gasteiger partial charge in [0.2, 0.25) is 11.8 Å². The van der Waals surface area contributed by atoms with Gasteiger partial charge in [0.25, 0.3) is 11.8 Å². The first-order valence-corrected chi connectivity index (χ1v) is 9.38. The predicted molar refractivity (Wildman–Crippen MR) is 103 cm³/mol. The molecule has 1 saturated heterocycles. The summed E-state index contributed by atoms with van der Waals surface area (Å²) in [6, 6.07) is 8.25. The quantitative estimate of drug-likeness (QED) is 0.607. The van der Waals surface area contributed by atoms with E-state index in [1.165, 1.54) is 7.11 Å². The van der Waals surface area contributed by atoms with Crippen LogP contribution >= 0.6 is 0 Å². The third-order valence-electron chi connectivity index (χ3n) is 5.41. The molecule has 10 heteroatoms. The highest BCUT2D eigenvalue weighted by Gasteiger charge is 2.39. The molecule has 30 heavy (non-hydrogen) atoms. The summed E-state index contributed by atoms with van der Waals surface area (Å²) in [5, 5.41) is 20.0. The second-order valence-electron chi connectivity index (χ2n) is 7.10. The molecule has 154 valence electrons. The summed E-state index contributed by atoms with van der Waals surface area (Å²) in [6.45, 7) is -0.310. The van der Waals surface area contributed by atoms with Gasteiger partial charge in [0.15, 0.2) is 5.65 Å². The van der Waals surface area contributed by atoms with Crippen molar-refractivity contribution in [3.63, 3.8) is 0 Å². The van der Waals surface area contributed by atoms with Gasteiger partial charge in [-0.25, -0.2) is 4.90 Å². The first-order chi connectivity index (χ1) is 14.5. The zero-order chi connectivity index (χ0) is 21.0. The van der Waals surface area contributed by atoms with Gasteiger partial charge >= 0.3 is 0 Å². The van der Waals surface area contributed by atoms with Crippen molar-refractivity contribution < 1.29 is 29.3 Å². The number of aliphatic hydroxyl groups excluding tert-OH is 2. The van der Waals surface area contributed by atoms with Crippen LogP contribution < -0.4 is 9.64 Å². The lowest BCUT2D eigenvalue weighted by Gasteiger charge is -2.17. The Morgan fingerprint density at radius 3 is 2.47 bits per heavy atom. The minimum atomic E-state index is -0.822. The van der Waals surface area contributed by atoms with Crippen molar-refractivity contribution >= 4 is 28.8 Å². The monoisotopic (exact) mass is 410 g/mol. The van der Waals surface area contributed by atoms with Crippen LogP contribution in [-0.2, 0) is 4.74 Å². The molecule has 2 amide bonds. The van der Waals surface area contributed by atoms with E-state index in [1.807, 2.05) is 0 Å². The number of nitrogens with zero attached hydrogens (tertiary/aromatic N) is 4. The van der Waals surface area contributed by atoms with E-state index in [2.05, 4.69) is 9.97 Å². The summed E-state index contributed by atoms with van der Waals surface area (Å²) in [5.74, 6) is -0.934. The number of anilines is 1. The number of benzene rings is 1. The lowest BCUT2D eigenvalue weighted by atomic mass is 10.1. The van der Waals surface area contributed by atoms with Crippen molar-refractivity contribution in [3.8, 4) is 5.88 Å². The fraction of sp³-hybridized carbons (Fsp3) is 0.300. The van der Waals surface area contributed by atoms with Crippen molar-refractivity contribution in [1.29, 1.82) is 0 Å². The molecule has 5 rings (SSSR count). The lowest BCUT2D eigenvalue weighted by molar-refractivity contribution is -0.0430. The summed E-state index contributed by atoms with van der Waals surface area (Å²) in [6.07, 6.45) is -0.150. The fourth-order valence-electron chi connectivity index (χ4n) is 3.90. The van der Waals surface area contributed by atoms with Crippen LogP contribution in [0, 0.1) is 0 Å². The smallest absolute Gasteiger partial charge is 0.268 e. The maximum absolute atomic E-state index is 12.8. The molecule has 3 atom stereocenters. The molecule has 2 aliphatic heterocycles. The summed E-state index contributed by atoms with van der Waals surface area (Å²) >= 11 is 0. The van der Waals surface area contributed by atoms with E-state index in [-0.39, 0.29) is 36.0 Å². The summed E-state index contributed by atoms with van der Waals surface area (Å²) < 4.78 is 12.8. The van der Waals surface area contributed by atoms with Crippen molar-refractivity contribution in [2.75, 3.05) is 18.6 Å². The van der Waals surface area contributed by atoms with Gasteiger partial charge in [0.1, 0.15) is 12.3 Å². The lowest BCUT2D eigenvalue weighted by Crippen LogP contribution is -2.31. The number of aromatic nitrogens is 3. The predicted octanol–water partition coefficient (Wildman–Crippen LogP) is 0.881. The summed E-state index contributed by atoms with van der Waals surface area (Å²) in [7, 11) is 1.43. The number of methoxy groups -OCH3 is 1. The topological polar surface area (TPSA) is 127 Å². The van der Waals surface area contributed by atoms with Crippen LogP contribution in [0.4, 0.5) is 5.95 Å². The minimum absolute atomic E-state index is 0.109. The average molecular weight is 410 g/mol. The summed E-state index contributed by atoms with van der Waals surface area (Å²) in [4.78, 5) is 35.3. The number of ether oxygens (including phenoxy) is 2. The standard InChI is InChI=1S/C20H18N4O6/c1-29-17-12-6-7-23(15-8-13(26)14(9-25)30-15)16(12)21-20(22-17)24-18(27)10-4-2-3-5-11(10)19(24)28/h2-7,13-15,25-26H,8-9H2,1H3/t13-,14+,15+/m0/s1. The minimum Gasteiger partial charge on any atom is -0.480 e. The SMILES string of the molecule is COc1nc(N2C(=O)c3ccccc3C2=O)nc2c1ccn2[C@H]1C[C@H](O)[C@@H](CO)O1. The van der Waals surface area contributed by atoms with E-state index in [9.17, 15) is 19.8 Å². The fourth-order valence-corrected chi connectivity index (χ4v) is 3.90. The van der Waals surface area contributed by atoms with Crippen molar-refractivity contribution in [1.82, 2.24) is 14.5 Å². The van der Waals surface area contributed by atoms with E-state index < -0.39 is 30.3 Å². The number of fused-ring (bicyclic) bond motifs is 2. The van der Waals surface area contributed by atoms with Crippen LogP contribution in [0.2, 0.25) is 0 Å². The molecule has 3 aromatic rings. The third-order valence-corrected chi connectivity index (χ3v) is 5.41. The van der Waals surface area contributed by atoms with Gasteiger partial charge < -0.3 is 24.3 Å². The van der Waals surface area contributed by atoms with Gasteiger partial charge in [0.05, 0.1) is 36.3 Å². The second-order valence-corrected chi connectivity index (χ2v) is 7.10. The van der Waals surface area contributed by atoms with Crippen molar-refractivity contribution in [2.24, 2.45) is 0 Å². The Hall–Kier alpha value is -3.34. The number of carbonyl (C=O) groups is 2. The molecule has 2 aliphatic rings. The third kappa shape index (κ3) is 2.61. The van der Waals surface area contributed by atoms with Gasteiger partial charge in [0, 0.05) is 12.6 Å². The van der Waals surface area contributed by atoms with Gasteiger partial charge in [-0.3, -0.25) is 9.59 Å². The molecule has 1 fully saturated rings. The number of hydrogen-bond donors (Lipinski definition) is 2. The maximum atomic E-state index is 12.8. The highest BCUT2D eigenvalue weighted by Crippen LogP contribution is 2.35. The molecule has 0 radical (unpaired) electrons. The molecule has 0 bridgehead atoms. The van der Waals surface area contributed by atoms with Crippen molar-refractivity contribution in [2.45, 2.75) is 24.9 Å². The van der Waals surface area contributed by atoms with Crippen LogP contribution in [0.3, 0.4) is 0 Å². The molecule has 1 aromatic carbocycles. The Labute approximate surface area is 170 Å². The van der Waals surface area contributed by atoms with Gasteiger partial charge in [-0.1, -0.05) is 12.1 Å². The van der Waals surface area contributed by atoms with Crippen LogP contribution in [0.15, 0.2) is 36.5 Å². The Kier molecular flexibility index (Phi) is 4.28. The number of hydrogen-bond acceptors (Lipinski definition) is 8. The highest BCUT2D eigenvalue weighted by molar-refractivity contribution is 6.33. The van der Waals surface area contributed by atoms with E-state index >= 15 is 0 Å². The summed E-state index contributed by atoms with van der Waals surface area (Å²) in [5.41, 5.74) is 0.950. The molecule has 10 nitrogen and oxygen atoms in total. The van der Waals surface area contributed by atoms with Gasteiger partial charge in [-0.2, -0.15) is 9.97 Å². The van der Waals surface area contributed by atoms with E-state index in [4.69, 9.17) is 9.47 Å². The number of rotatable bonds is 4. The van der Waals surface area contributed by atoms with Crippen LogP contribution in [0.1, 0.15) is 33.4 Å². The number of amides is 2. The molecule has 2 aromatic heterocycles. The Morgan fingerprint density at radius 1 is 1.17 bits per heavy atom. The number of aliphatic hydroxyl groups is 2. The molecule has 0 saturated carbocycles. The van der Waals surface area contributed by atoms with Crippen LogP contribution in [0.5, 0.6) is 5.88 Å². The molecular formula is C20H18N4O6. The number of imide groups is 1. The van der Waals surface area contributed by atoms with Gasteiger partial charge in [-0.15, -0.1) is 0 Å². The zero-order valence-electron chi connectivity index (χ0n) is 15.9. The molecular weight excluding hydrogens is 392 g/mol. The zero-order valence-corrected chi connectivity index (χ0v) is 15.9. The van der Waals surface area contributed by atoms with E-state index in [0.717, 1.165) is 4.90 Å². The molecule has 2 N–H and O–H groups in total. The molecule has 0 aliphatic carbocycles. The van der Waals surface area contributed by atoms with E-state index in [1.54, 1.807) is 41.1 Å². The number of carbonyl (C=O) groups excluding carboxylic acids is 2.